The molecule has 0 fully saturated rings. The Morgan fingerprint density at radius 1 is 1.16 bits per heavy atom. The molecule has 156 valence electrons. The summed E-state index contributed by atoms with van der Waals surface area (Å²) in [5, 5.41) is 7.33. The molecule has 0 saturated carbocycles. The summed E-state index contributed by atoms with van der Waals surface area (Å²) in [6.07, 6.45) is 1.51. The van der Waals surface area contributed by atoms with Gasteiger partial charge in [-0.15, -0.1) is 0 Å². The SMILES string of the molecule is COc1ccc(-n2ncc3c2NC(=O)CC32C(=O)N(CC(N)=O)c3ccccc32)cc1. The van der Waals surface area contributed by atoms with Gasteiger partial charge in [0.2, 0.25) is 17.7 Å². The predicted molar refractivity (Wildman–Crippen MR) is 112 cm³/mol. The fraction of sp³-hybridized carbons (Fsp3) is 0.182. The number of nitrogens with zero attached hydrogens (tertiary/aromatic N) is 3. The molecule has 1 spiro atoms. The van der Waals surface area contributed by atoms with E-state index >= 15 is 0 Å². The number of primary amides is 1. The number of benzene rings is 2. The van der Waals surface area contributed by atoms with Crippen molar-refractivity contribution in [1.29, 1.82) is 0 Å². The second kappa shape index (κ2) is 6.69. The Labute approximate surface area is 177 Å². The van der Waals surface area contributed by atoms with Gasteiger partial charge in [0.1, 0.15) is 23.5 Å². The highest BCUT2D eigenvalue weighted by atomic mass is 16.5. The van der Waals surface area contributed by atoms with Gasteiger partial charge >= 0.3 is 0 Å². The smallest absolute Gasteiger partial charge is 0.243 e. The standard InChI is InChI=1S/C22H19N5O4/c1-31-14-8-6-13(7-9-14)27-20-16(11-24-27)22(10-19(29)25-20)15-4-2-3-5-17(15)26(21(22)30)12-18(23)28/h2-9,11H,10,12H2,1H3,(H2,23,28)(H,25,29). The highest BCUT2D eigenvalue weighted by Crippen LogP contribution is 2.52. The highest BCUT2D eigenvalue weighted by Gasteiger charge is 2.57. The number of amides is 3. The molecular weight excluding hydrogens is 398 g/mol. The van der Waals surface area contributed by atoms with Crippen molar-refractivity contribution in [2.45, 2.75) is 11.8 Å². The normalized spacial score (nSPS) is 19.2. The highest BCUT2D eigenvalue weighted by molar-refractivity contribution is 6.17. The lowest BCUT2D eigenvalue weighted by atomic mass is 9.72. The summed E-state index contributed by atoms with van der Waals surface area (Å²) in [5.41, 5.74) is 6.64. The fourth-order valence-corrected chi connectivity index (χ4v) is 4.48. The fourth-order valence-electron chi connectivity index (χ4n) is 4.48. The van der Waals surface area contributed by atoms with E-state index in [0.29, 0.717) is 34.1 Å². The number of fused-ring (bicyclic) bond motifs is 4. The van der Waals surface area contributed by atoms with Gasteiger partial charge in [0.05, 0.1) is 19.0 Å². The molecule has 2 aliphatic rings. The summed E-state index contributed by atoms with van der Waals surface area (Å²) in [5.74, 6) is -0.197. The van der Waals surface area contributed by atoms with Crippen molar-refractivity contribution in [1.82, 2.24) is 9.78 Å². The Balaban J connectivity index is 1.70. The molecule has 1 atom stereocenters. The number of rotatable bonds is 4. The van der Waals surface area contributed by atoms with Crippen molar-refractivity contribution in [3.63, 3.8) is 0 Å². The van der Waals surface area contributed by atoms with E-state index in [4.69, 9.17) is 10.5 Å². The van der Waals surface area contributed by atoms with Gasteiger partial charge in [-0.05, 0) is 35.9 Å². The second-order valence-electron chi connectivity index (χ2n) is 7.52. The van der Waals surface area contributed by atoms with E-state index in [2.05, 4.69) is 10.4 Å². The first-order valence-electron chi connectivity index (χ1n) is 9.68. The number of ether oxygens (including phenoxy) is 1. The molecular formula is C22H19N5O4. The van der Waals surface area contributed by atoms with Crippen molar-refractivity contribution < 1.29 is 19.1 Å². The minimum Gasteiger partial charge on any atom is -0.497 e. The lowest BCUT2D eigenvalue weighted by Gasteiger charge is -2.32. The minimum absolute atomic E-state index is 0.0839. The largest absolute Gasteiger partial charge is 0.497 e. The number of aromatic nitrogens is 2. The van der Waals surface area contributed by atoms with Crippen molar-refractivity contribution in [2.75, 3.05) is 23.9 Å². The van der Waals surface area contributed by atoms with Gasteiger partial charge in [-0.2, -0.15) is 5.10 Å². The van der Waals surface area contributed by atoms with E-state index in [1.54, 1.807) is 48.3 Å². The topological polar surface area (TPSA) is 120 Å². The maximum atomic E-state index is 13.7. The molecule has 2 aliphatic heterocycles. The first-order chi connectivity index (χ1) is 15.0. The Morgan fingerprint density at radius 2 is 1.90 bits per heavy atom. The molecule has 5 rings (SSSR count). The van der Waals surface area contributed by atoms with Crippen LogP contribution in [0.2, 0.25) is 0 Å². The zero-order valence-corrected chi connectivity index (χ0v) is 16.7. The van der Waals surface area contributed by atoms with Crippen LogP contribution >= 0.6 is 0 Å². The number of hydrogen-bond acceptors (Lipinski definition) is 5. The third-order valence-corrected chi connectivity index (χ3v) is 5.81. The van der Waals surface area contributed by atoms with Crippen LogP contribution in [-0.4, -0.2) is 41.2 Å². The zero-order valence-electron chi connectivity index (χ0n) is 16.7. The van der Waals surface area contributed by atoms with Gasteiger partial charge < -0.3 is 20.7 Å². The van der Waals surface area contributed by atoms with Gasteiger partial charge in [0.25, 0.3) is 0 Å². The molecule has 1 unspecified atom stereocenters. The monoisotopic (exact) mass is 417 g/mol. The number of para-hydroxylation sites is 1. The lowest BCUT2D eigenvalue weighted by Crippen LogP contribution is -2.48. The maximum Gasteiger partial charge on any atom is 0.243 e. The summed E-state index contributed by atoms with van der Waals surface area (Å²) in [7, 11) is 1.58. The van der Waals surface area contributed by atoms with Gasteiger partial charge in [0.15, 0.2) is 0 Å². The minimum atomic E-state index is -1.27. The molecule has 1 aromatic heterocycles. The number of nitrogens with two attached hydrogens (primary N) is 1. The zero-order chi connectivity index (χ0) is 21.8. The van der Waals surface area contributed by atoms with Crippen LogP contribution < -0.4 is 20.7 Å². The number of carbonyl (C=O) groups excluding carboxylic acids is 3. The summed E-state index contributed by atoms with van der Waals surface area (Å²) in [6, 6.07) is 14.3. The molecule has 3 heterocycles. The van der Waals surface area contributed by atoms with Crippen LogP contribution in [0.5, 0.6) is 5.75 Å². The second-order valence-corrected chi connectivity index (χ2v) is 7.52. The Kier molecular flexibility index (Phi) is 4.07. The Bertz CT molecular complexity index is 1230. The van der Waals surface area contributed by atoms with Crippen molar-refractivity contribution in [2.24, 2.45) is 5.73 Å². The number of anilines is 2. The first-order valence-corrected chi connectivity index (χ1v) is 9.68. The van der Waals surface area contributed by atoms with Gasteiger partial charge in [-0.3, -0.25) is 14.4 Å². The quantitative estimate of drug-likeness (QED) is 0.664. The van der Waals surface area contributed by atoms with Gasteiger partial charge in [0, 0.05) is 17.7 Å². The van der Waals surface area contributed by atoms with Crippen LogP contribution in [0.15, 0.2) is 54.7 Å². The molecule has 31 heavy (non-hydrogen) atoms. The number of nitrogens with one attached hydrogen (secondary N) is 1. The molecule has 3 aromatic rings. The van der Waals surface area contributed by atoms with Crippen LogP contribution in [0.1, 0.15) is 17.5 Å². The van der Waals surface area contributed by atoms with Crippen LogP contribution in [0.4, 0.5) is 11.5 Å². The van der Waals surface area contributed by atoms with Crippen LogP contribution in [0, 0.1) is 0 Å². The maximum absolute atomic E-state index is 13.7. The summed E-state index contributed by atoms with van der Waals surface area (Å²) in [6.45, 7) is -0.263. The molecule has 2 aromatic carbocycles. The molecule has 0 bridgehead atoms. The number of methoxy groups -OCH3 is 1. The number of carbonyl (C=O) groups is 3. The third-order valence-electron chi connectivity index (χ3n) is 5.81. The van der Waals surface area contributed by atoms with Gasteiger partial charge in [-0.1, -0.05) is 18.2 Å². The van der Waals surface area contributed by atoms with Crippen LogP contribution in [0.3, 0.4) is 0 Å². The third kappa shape index (κ3) is 2.63. The van der Waals surface area contributed by atoms with E-state index in [1.165, 1.54) is 4.90 Å². The van der Waals surface area contributed by atoms with E-state index in [-0.39, 0.29) is 24.8 Å². The van der Waals surface area contributed by atoms with Crippen molar-refractivity contribution in [3.05, 3.63) is 65.9 Å². The molecule has 0 radical (unpaired) electrons. The molecule has 3 N–H and O–H groups in total. The lowest BCUT2D eigenvalue weighted by molar-refractivity contribution is -0.127. The van der Waals surface area contributed by atoms with E-state index < -0.39 is 11.3 Å². The Hall–Kier alpha value is -4.14. The molecule has 9 heteroatoms. The summed E-state index contributed by atoms with van der Waals surface area (Å²) >= 11 is 0. The average Bonchev–Trinajstić information content (AvgIpc) is 3.28. The van der Waals surface area contributed by atoms with Crippen LogP contribution in [-0.2, 0) is 19.8 Å². The average molecular weight is 417 g/mol. The number of hydrogen-bond donors (Lipinski definition) is 2. The molecule has 9 nitrogen and oxygen atoms in total. The van der Waals surface area contributed by atoms with Crippen molar-refractivity contribution >= 4 is 29.2 Å². The van der Waals surface area contributed by atoms with Crippen molar-refractivity contribution in [3.8, 4) is 11.4 Å². The van der Waals surface area contributed by atoms with Gasteiger partial charge in [-0.25, -0.2) is 4.68 Å². The van der Waals surface area contributed by atoms with E-state index in [9.17, 15) is 14.4 Å². The summed E-state index contributed by atoms with van der Waals surface area (Å²) < 4.78 is 6.79. The van der Waals surface area contributed by atoms with Crippen LogP contribution in [0.25, 0.3) is 5.69 Å². The molecule has 0 aliphatic carbocycles. The molecule has 0 saturated heterocycles. The first kappa shape index (κ1) is 18.9. The Morgan fingerprint density at radius 3 is 2.61 bits per heavy atom. The molecule has 3 amide bonds. The van der Waals surface area contributed by atoms with E-state index in [1.807, 2.05) is 18.2 Å². The van der Waals surface area contributed by atoms with E-state index in [0.717, 1.165) is 0 Å². The predicted octanol–water partition coefficient (Wildman–Crippen LogP) is 1.34. The summed E-state index contributed by atoms with van der Waals surface area (Å²) in [4.78, 5) is 39.5.